The molecular formula is C41H39N3O4S. The number of amides is 1. The van der Waals surface area contributed by atoms with E-state index in [1.54, 1.807) is 28.8 Å². The van der Waals surface area contributed by atoms with Gasteiger partial charge in [0, 0.05) is 43.7 Å². The Morgan fingerprint density at radius 3 is 2.16 bits per heavy atom. The number of hydrogen-bond donors (Lipinski definition) is 0. The summed E-state index contributed by atoms with van der Waals surface area (Å²) in [4.78, 5) is 18.2. The number of rotatable bonds is 10. The predicted octanol–water partition coefficient (Wildman–Crippen LogP) is 7.73. The second-order valence-electron chi connectivity index (χ2n) is 12.5. The van der Waals surface area contributed by atoms with Crippen molar-refractivity contribution < 1.29 is 17.6 Å². The van der Waals surface area contributed by atoms with E-state index >= 15 is 0 Å². The van der Waals surface area contributed by atoms with Crippen LogP contribution in [0.25, 0.3) is 11.0 Å². The lowest BCUT2D eigenvalue weighted by molar-refractivity contribution is 0.0746. The predicted molar refractivity (Wildman–Crippen MR) is 196 cm³/mol. The minimum Gasteiger partial charge on any atom is -0.464 e. The molecule has 1 aliphatic heterocycles. The van der Waals surface area contributed by atoms with Crippen LogP contribution in [0.5, 0.6) is 0 Å². The van der Waals surface area contributed by atoms with E-state index in [1.807, 2.05) is 109 Å². The van der Waals surface area contributed by atoms with Crippen LogP contribution in [0.3, 0.4) is 0 Å². The van der Waals surface area contributed by atoms with Gasteiger partial charge in [0.1, 0.15) is 5.58 Å². The van der Waals surface area contributed by atoms with Crippen LogP contribution in [0.4, 0.5) is 11.4 Å². The van der Waals surface area contributed by atoms with E-state index in [9.17, 15) is 13.2 Å². The molecule has 1 amide bonds. The molecule has 1 saturated heterocycles. The highest BCUT2D eigenvalue weighted by Gasteiger charge is 2.31. The zero-order chi connectivity index (χ0) is 33.8. The van der Waals surface area contributed by atoms with Gasteiger partial charge in [-0.1, -0.05) is 91.0 Å². The summed E-state index contributed by atoms with van der Waals surface area (Å²) in [6.07, 6.45) is 2.89. The maximum atomic E-state index is 14.6. The smallest absolute Gasteiger partial charge is 0.264 e. The Morgan fingerprint density at radius 1 is 0.755 bits per heavy atom. The molecule has 5 aromatic carbocycles. The molecule has 0 aliphatic carbocycles. The van der Waals surface area contributed by atoms with Gasteiger partial charge in [-0.15, -0.1) is 0 Å². The molecule has 248 valence electrons. The maximum Gasteiger partial charge on any atom is 0.264 e. The summed E-state index contributed by atoms with van der Waals surface area (Å²) in [5.74, 6) is 0.0245. The number of para-hydroxylation sites is 2. The number of carbonyl (C=O) groups excluding carboxylic acids is 1. The molecule has 0 saturated carbocycles. The van der Waals surface area contributed by atoms with E-state index in [4.69, 9.17) is 4.42 Å². The van der Waals surface area contributed by atoms with Gasteiger partial charge >= 0.3 is 0 Å². The molecule has 1 aromatic heterocycles. The number of anilines is 2. The molecule has 0 spiro atoms. The van der Waals surface area contributed by atoms with Crippen LogP contribution in [0.2, 0.25) is 0 Å². The quantitative estimate of drug-likeness (QED) is 0.149. The molecule has 0 bridgehead atoms. The highest BCUT2D eigenvalue weighted by molar-refractivity contribution is 7.92. The zero-order valence-electron chi connectivity index (χ0n) is 27.5. The highest BCUT2D eigenvalue weighted by atomic mass is 32.2. The first-order chi connectivity index (χ1) is 23.9. The topological polar surface area (TPSA) is 74.1 Å². The number of aryl methyl sites for hydroxylation is 1. The summed E-state index contributed by atoms with van der Waals surface area (Å²) in [6.45, 7) is 4.40. The van der Waals surface area contributed by atoms with Gasteiger partial charge < -0.3 is 14.2 Å². The Morgan fingerprint density at radius 2 is 1.41 bits per heavy atom. The largest absolute Gasteiger partial charge is 0.464 e. The molecule has 7 nitrogen and oxygen atoms in total. The van der Waals surface area contributed by atoms with Crippen molar-refractivity contribution in [2.24, 2.45) is 0 Å². The van der Waals surface area contributed by atoms with Crippen LogP contribution in [0.15, 0.2) is 143 Å². The van der Waals surface area contributed by atoms with E-state index < -0.39 is 10.0 Å². The van der Waals surface area contributed by atoms with E-state index in [0.717, 1.165) is 38.9 Å². The molecule has 8 heteroatoms. The van der Waals surface area contributed by atoms with Crippen molar-refractivity contribution in [3.63, 3.8) is 0 Å². The second kappa shape index (κ2) is 14.0. The molecule has 0 N–H and O–H groups in total. The monoisotopic (exact) mass is 669 g/mol. The lowest BCUT2D eigenvalue weighted by atomic mass is 9.99. The molecule has 0 radical (unpaired) electrons. The van der Waals surface area contributed by atoms with Gasteiger partial charge in [-0.05, 0) is 78.4 Å². The summed E-state index contributed by atoms with van der Waals surface area (Å²) < 4.78 is 36.3. The van der Waals surface area contributed by atoms with Gasteiger partial charge in [0.25, 0.3) is 15.9 Å². The number of benzene rings is 5. The SMILES string of the molecule is Cc1coc2ccc(S(=O)(=O)N(CCc3ccccc3)c3ccccc3N3CCN(C(=O)c4ccccc4Cc4ccccc4)CC3)cc12. The number of nitrogens with zero attached hydrogens (tertiary/aromatic N) is 3. The number of furan rings is 1. The normalized spacial score (nSPS) is 13.5. The molecule has 1 fully saturated rings. The number of piperazine rings is 1. The first kappa shape index (κ1) is 32.2. The average Bonchev–Trinajstić information content (AvgIpc) is 3.52. The minimum atomic E-state index is -3.96. The van der Waals surface area contributed by atoms with Crippen LogP contribution in [-0.4, -0.2) is 51.9 Å². The van der Waals surface area contributed by atoms with Gasteiger partial charge in [0.15, 0.2) is 0 Å². The van der Waals surface area contributed by atoms with E-state index in [-0.39, 0.29) is 17.3 Å². The van der Waals surface area contributed by atoms with Crippen molar-refractivity contribution in [3.8, 4) is 0 Å². The Bertz CT molecular complexity index is 2170. The van der Waals surface area contributed by atoms with Gasteiger partial charge in [0.05, 0.1) is 22.5 Å². The summed E-state index contributed by atoms with van der Waals surface area (Å²) in [5.41, 5.74) is 6.95. The van der Waals surface area contributed by atoms with Crippen molar-refractivity contribution >= 4 is 38.3 Å². The summed E-state index contributed by atoms with van der Waals surface area (Å²) in [5, 5.41) is 0.781. The fourth-order valence-corrected chi connectivity index (χ4v) is 8.14. The zero-order valence-corrected chi connectivity index (χ0v) is 28.4. The van der Waals surface area contributed by atoms with Crippen LogP contribution in [0.1, 0.15) is 32.6 Å². The van der Waals surface area contributed by atoms with Crippen molar-refractivity contribution in [3.05, 3.63) is 161 Å². The number of carbonyl (C=O) groups is 1. The lowest BCUT2D eigenvalue weighted by Crippen LogP contribution is -2.49. The number of fused-ring (bicyclic) bond motifs is 1. The van der Waals surface area contributed by atoms with Crippen LogP contribution in [-0.2, 0) is 22.9 Å². The molecule has 49 heavy (non-hydrogen) atoms. The average molecular weight is 670 g/mol. The molecule has 6 aromatic rings. The van der Waals surface area contributed by atoms with Gasteiger partial charge in [0.2, 0.25) is 0 Å². The van der Waals surface area contributed by atoms with E-state index in [2.05, 4.69) is 17.0 Å². The Balaban J connectivity index is 1.15. The molecule has 0 unspecified atom stereocenters. The fourth-order valence-electron chi connectivity index (χ4n) is 6.63. The summed E-state index contributed by atoms with van der Waals surface area (Å²) in [7, 11) is -3.96. The Hall–Kier alpha value is -5.34. The lowest BCUT2D eigenvalue weighted by Gasteiger charge is -2.38. The number of sulfonamides is 1. The highest BCUT2D eigenvalue weighted by Crippen LogP contribution is 2.35. The first-order valence-electron chi connectivity index (χ1n) is 16.7. The Kier molecular flexibility index (Phi) is 9.22. The minimum absolute atomic E-state index is 0.0245. The van der Waals surface area contributed by atoms with Crippen molar-refractivity contribution in [1.82, 2.24) is 4.90 Å². The standard InChI is InChI=1S/C41H39N3O4S/c1-31-30-48-40-21-20-35(29-37(31)40)49(46,47)44(23-22-32-12-4-2-5-13-32)39-19-11-10-18-38(39)42-24-26-43(27-25-42)41(45)36-17-9-8-16-34(36)28-33-14-6-3-7-15-33/h2-21,29-30H,22-28H2,1H3. The summed E-state index contributed by atoms with van der Waals surface area (Å²) in [6, 6.07) is 40.7. The van der Waals surface area contributed by atoms with Gasteiger partial charge in [-0.3, -0.25) is 9.10 Å². The molecule has 2 heterocycles. The van der Waals surface area contributed by atoms with E-state index in [1.165, 1.54) is 0 Å². The van der Waals surface area contributed by atoms with Crippen LogP contribution in [0, 0.1) is 6.92 Å². The molecule has 7 rings (SSSR count). The fraction of sp³-hybridized carbons (Fsp3) is 0.195. The second-order valence-corrected chi connectivity index (χ2v) is 14.3. The molecule has 0 atom stereocenters. The third kappa shape index (κ3) is 6.82. The van der Waals surface area contributed by atoms with Crippen molar-refractivity contribution in [2.45, 2.75) is 24.7 Å². The Labute approximate surface area is 288 Å². The maximum absolute atomic E-state index is 14.6. The van der Waals surface area contributed by atoms with Crippen LogP contribution >= 0.6 is 0 Å². The van der Waals surface area contributed by atoms with Crippen LogP contribution < -0.4 is 9.21 Å². The third-order valence-electron chi connectivity index (χ3n) is 9.32. The molecular weight excluding hydrogens is 631 g/mol. The molecule has 1 aliphatic rings. The first-order valence-corrected chi connectivity index (χ1v) is 18.1. The van der Waals surface area contributed by atoms with Gasteiger partial charge in [-0.2, -0.15) is 0 Å². The van der Waals surface area contributed by atoms with Gasteiger partial charge in [-0.25, -0.2) is 8.42 Å². The summed E-state index contributed by atoms with van der Waals surface area (Å²) >= 11 is 0. The van der Waals surface area contributed by atoms with E-state index in [0.29, 0.717) is 50.3 Å². The van der Waals surface area contributed by atoms with Crippen molar-refractivity contribution in [2.75, 3.05) is 41.9 Å². The number of hydrogen-bond acceptors (Lipinski definition) is 5. The third-order valence-corrected chi connectivity index (χ3v) is 11.1. The van der Waals surface area contributed by atoms with Crippen molar-refractivity contribution in [1.29, 1.82) is 0 Å².